The zero-order valence-corrected chi connectivity index (χ0v) is 16.2. The van der Waals surface area contributed by atoms with Crippen molar-refractivity contribution in [3.05, 3.63) is 52.5 Å². The van der Waals surface area contributed by atoms with Gasteiger partial charge in [0.2, 0.25) is 0 Å². The lowest BCUT2D eigenvalue weighted by molar-refractivity contribution is -0.119. The van der Waals surface area contributed by atoms with Gasteiger partial charge in [0.05, 0.1) is 17.0 Å². The minimum atomic E-state index is -0.618. The Morgan fingerprint density at radius 3 is 2.93 bits per heavy atom. The first-order valence-corrected chi connectivity index (χ1v) is 9.77. The number of pyridine rings is 1. The van der Waals surface area contributed by atoms with Gasteiger partial charge in [-0.2, -0.15) is 0 Å². The Bertz CT molecular complexity index is 954. The van der Waals surface area contributed by atoms with Gasteiger partial charge in [-0.05, 0) is 26.0 Å². The first-order valence-electron chi connectivity index (χ1n) is 7.90. The van der Waals surface area contributed by atoms with Gasteiger partial charge in [-0.25, -0.2) is 14.8 Å². The molecule has 1 N–H and O–H groups in total. The quantitative estimate of drug-likeness (QED) is 0.472. The third-order valence-electron chi connectivity index (χ3n) is 3.22. The topological polar surface area (TPSA) is 107 Å². The number of hydrogen-bond donors (Lipinski definition) is 1. The number of carbonyl (C=O) groups is 2. The van der Waals surface area contributed by atoms with Crippen LogP contribution in [0.5, 0.6) is 0 Å². The predicted octanol–water partition coefficient (Wildman–Crippen LogP) is 3.23. The van der Waals surface area contributed by atoms with Crippen LogP contribution in [0.25, 0.3) is 0 Å². The molecule has 3 aromatic heterocycles. The molecule has 0 aromatic carbocycles. The molecule has 3 aromatic rings. The average Bonchev–Trinajstić information content (AvgIpc) is 3.26. The monoisotopic (exact) mass is 404 g/mol. The predicted molar refractivity (Wildman–Crippen MR) is 101 cm³/mol. The van der Waals surface area contributed by atoms with Crippen molar-refractivity contribution in [2.45, 2.75) is 24.6 Å². The second kappa shape index (κ2) is 8.78. The molecule has 8 nitrogen and oxygen atoms in total. The van der Waals surface area contributed by atoms with Crippen LogP contribution in [0.15, 0.2) is 39.3 Å². The van der Waals surface area contributed by atoms with Crippen LogP contribution in [-0.2, 0) is 15.3 Å². The number of esters is 1. The zero-order valence-electron chi connectivity index (χ0n) is 14.6. The fourth-order valence-electron chi connectivity index (χ4n) is 2.07. The molecule has 3 heterocycles. The number of carbonyl (C=O) groups excluding carboxylic acids is 2. The molecule has 0 aliphatic rings. The molecule has 10 heteroatoms. The summed E-state index contributed by atoms with van der Waals surface area (Å²) < 4.78 is 10.1. The van der Waals surface area contributed by atoms with Crippen LogP contribution in [0.3, 0.4) is 0 Å². The van der Waals surface area contributed by atoms with Crippen molar-refractivity contribution in [2.24, 2.45) is 0 Å². The highest BCUT2D eigenvalue weighted by atomic mass is 32.2. The number of nitrogens with zero attached hydrogens (tertiary/aromatic N) is 3. The molecule has 0 bridgehead atoms. The molecule has 0 radical (unpaired) electrons. The molecule has 0 spiro atoms. The van der Waals surface area contributed by atoms with Crippen molar-refractivity contribution in [1.82, 2.24) is 15.1 Å². The molecule has 3 rings (SSSR count). The highest BCUT2D eigenvalue weighted by Gasteiger charge is 2.17. The summed E-state index contributed by atoms with van der Waals surface area (Å²) in [6, 6.07) is 5.06. The highest BCUT2D eigenvalue weighted by Crippen LogP contribution is 2.24. The largest absolute Gasteiger partial charge is 0.452 e. The van der Waals surface area contributed by atoms with Gasteiger partial charge in [-0.15, -0.1) is 11.3 Å². The first kappa shape index (κ1) is 19.1. The number of aryl methyl sites for hydroxylation is 2. The number of thiazole rings is 1. The van der Waals surface area contributed by atoms with Gasteiger partial charge in [-0.1, -0.05) is 16.9 Å². The second-order valence-corrected chi connectivity index (χ2v) is 7.31. The van der Waals surface area contributed by atoms with Crippen LogP contribution in [0.4, 0.5) is 5.13 Å². The molecule has 0 fully saturated rings. The van der Waals surface area contributed by atoms with Crippen LogP contribution in [-0.4, -0.2) is 33.6 Å². The van der Waals surface area contributed by atoms with Crippen LogP contribution >= 0.6 is 23.1 Å². The summed E-state index contributed by atoms with van der Waals surface area (Å²) >= 11 is 2.64. The van der Waals surface area contributed by atoms with Gasteiger partial charge in [0.1, 0.15) is 10.8 Å². The van der Waals surface area contributed by atoms with E-state index in [0.717, 1.165) is 11.4 Å². The van der Waals surface area contributed by atoms with Gasteiger partial charge in [-0.3, -0.25) is 10.1 Å². The van der Waals surface area contributed by atoms with Gasteiger partial charge in [0, 0.05) is 23.4 Å². The van der Waals surface area contributed by atoms with E-state index in [1.54, 1.807) is 18.3 Å². The second-order valence-electron chi connectivity index (χ2n) is 5.49. The fourth-order valence-corrected chi connectivity index (χ4v) is 3.63. The number of amides is 1. The van der Waals surface area contributed by atoms with Crippen molar-refractivity contribution in [3.63, 3.8) is 0 Å². The maximum atomic E-state index is 12.3. The van der Waals surface area contributed by atoms with Crippen molar-refractivity contribution >= 4 is 40.1 Å². The Labute approximate surface area is 163 Å². The summed E-state index contributed by atoms with van der Waals surface area (Å²) in [4.78, 5) is 32.6. The van der Waals surface area contributed by atoms with Crippen molar-refractivity contribution in [3.8, 4) is 0 Å². The molecule has 27 heavy (non-hydrogen) atoms. The van der Waals surface area contributed by atoms with E-state index in [-0.39, 0.29) is 0 Å². The molecule has 1 amide bonds. The van der Waals surface area contributed by atoms with E-state index in [4.69, 9.17) is 9.26 Å². The summed E-state index contributed by atoms with van der Waals surface area (Å²) in [6.45, 7) is 3.23. The molecule has 0 saturated carbocycles. The number of aromatic nitrogens is 3. The van der Waals surface area contributed by atoms with Gasteiger partial charge < -0.3 is 9.26 Å². The summed E-state index contributed by atoms with van der Waals surface area (Å²) in [5, 5.41) is 9.28. The Morgan fingerprint density at radius 2 is 2.22 bits per heavy atom. The molecular formula is C17H16N4O4S2. The Balaban J connectivity index is 1.56. The molecule has 0 unspecified atom stereocenters. The Hall–Kier alpha value is -2.72. The maximum absolute atomic E-state index is 12.3. The number of nitrogens with one attached hydrogen (secondary N) is 1. The van der Waals surface area contributed by atoms with E-state index >= 15 is 0 Å². The summed E-state index contributed by atoms with van der Waals surface area (Å²) in [6.07, 6.45) is 1.59. The molecular weight excluding hydrogens is 388 g/mol. The summed E-state index contributed by atoms with van der Waals surface area (Å²) in [5.41, 5.74) is 1.85. The van der Waals surface area contributed by atoms with E-state index in [1.807, 2.05) is 25.3 Å². The lowest BCUT2D eigenvalue weighted by Gasteiger charge is -2.08. The van der Waals surface area contributed by atoms with E-state index in [1.165, 1.54) is 23.1 Å². The zero-order chi connectivity index (χ0) is 19.2. The molecule has 0 atom stereocenters. The van der Waals surface area contributed by atoms with E-state index in [2.05, 4.69) is 20.4 Å². The Kier molecular flexibility index (Phi) is 6.20. The lowest BCUT2D eigenvalue weighted by Crippen LogP contribution is -2.21. The van der Waals surface area contributed by atoms with E-state index < -0.39 is 18.5 Å². The van der Waals surface area contributed by atoms with Gasteiger partial charge >= 0.3 is 5.97 Å². The fraction of sp³-hybridized carbons (Fsp3) is 0.235. The molecule has 0 aliphatic carbocycles. The highest BCUT2D eigenvalue weighted by molar-refractivity contribution is 7.98. The van der Waals surface area contributed by atoms with Crippen LogP contribution in [0, 0.1) is 13.8 Å². The van der Waals surface area contributed by atoms with Crippen molar-refractivity contribution in [2.75, 3.05) is 11.9 Å². The van der Waals surface area contributed by atoms with E-state index in [0.29, 0.717) is 27.2 Å². The molecule has 0 aliphatic heterocycles. The van der Waals surface area contributed by atoms with Crippen LogP contribution < -0.4 is 5.32 Å². The average molecular weight is 404 g/mol. The lowest BCUT2D eigenvalue weighted by atomic mass is 10.3. The minimum Gasteiger partial charge on any atom is -0.452 e. The third kappa shape index (κ3) is 5.38. The number of ether oxygens (including phenoxy) is 1. The number of anilines is 1. The number of thioether (sulfide) groups is 1. The Morgan fingerprint density at radius 1 is 1.37 bits per heavy atom. The van der Waals surface area contributed by atoms with Crippen LogP contribution in [0.2, 0.25) is 0 Å². The number of rotatable bonds is 7. The molecule has 0 saturated heterocycles. The van der Waals surface area contributed by atoms with Crippen molar-refractivity contribution in [1.29, 1.82) is 0 Å². The van der Waals surface area contributed by atoms with Crippen LogP contribution in [0.1, 0.15) is 27.5 Å². The maximum Gasteiger partial charge on any atom is 0.341 e. The standard InChI is InChI=1S/C17H16N4O4S2/c1-10-8-27-17(19-10)20-14(22)7-24-16(23)13-4-3-5-18-15(13)26-9-12-6-11(2)25-21-12/h3-6,8H,7,9H2,1-2H3,(H,19,20,22). The smallest absolute Gasteiger partial charge is 0.341 e. The van der Waals surface area contributed by atoms with Gasteiger partial charge in [0.15, 0.2) is 11.7 Å². The summed E-state index contributed by atoms with van der Waals surface area (Å²) in [5.74, 6) is 0.146. The number of hydrogen-bond acceptors (Lipinski definition) is 9. The third-order valence-corrected chi connectivity index (χ3v) is 5.14. The van der Waals surface area contributed by atoms with Gasteiger partial charge in [0.25, 0.3) is 5.91 Å². The normalized spacial score (nSPS) is 10.6. The van der Waals surface area contributed by atoms with E-state index in [9.17, 15) is 9.59 Å². The minimum absolute atomic E-state index is 0.292. The first-order chi connectivity index (χ1) is 13.0. The SMILES string of the molecule is Cc1csc(NC(=O)COC(=O)c2cccnc2SCc2cc(C)on2)n1. The van der Waals surface area contributed by atoms with Crippen molar-refractivity contribution < 1.29 is 18.8 Å². The molecule has 140 valence electrons. The summed E-state index contributed by atoms with van der Waals surface area (Å²) in [7, 11) is 0.